The Morgan fingerprint density at radius 3 is 2.17 bits per heavy atom. The Balaban J connectivity index is 1.59. The van der Waals surface area contributed by atoms with E-state index in [1.165, 1.54) is 12.1 Å². The van der Waals surface area contributed by atoms with Crippen LogP contribution >= 0.6 is 0 Å². The summed E-state index contributed by atoms with van der Waals surface area (Å²) in [5.74, 6) is 0.572. The third-order valence-electron chi connectivity index (χ3n) is 5.94. The Morgan fingerprint density at radius 2 is 1.60 bits per heavy atom. The van der Waals surface area contributed by atoms with Crippen molar-refractivity contribution in [3.05, 3.63) is 54.6 Å². The van der Waals surface area contributed by atoms with Crippen molar-refractivity contribution >= 4 is 15.8 Å². The highest BCUT2D eigenvalue weighted by Gasteiger charge is 2.55. The molecule has 1 saturated carbocycles. The molecule has 0 unspecified atom stereocenters. The Labute approximate surface area is 177 Å². The van der Waals surface area contributed by atoms with Crippen LogP contribution in [0.2, 0.25) is 0 Å². The van der Waals surface area contributed by atoms with Gasteiger partial charge in [-0.1, -0.05) is 18.2 Å². The monoisotopic (exact) mass is 429 g/mol. The highest BCUT2D eigenvalue weighted by atomic mass is 32.2. The highest BCUT2D eigenvalue weighted by Crippen LogP contribution is 2.40. The molecule has 1 heterocycles. The zero-order chi connectivity index (χ0) is 21.2. The van der Waals surface area contributed by atoms with Gasteiger partial charge in [0, 0.05) is 19.1 Å². The maximum atomic E-state index is 13.6. The molecule has 2 aromatic rings. The number of nitrogens with zero attached hydrogens (tertiary/aromatic N) is 1. The lowest BCUT2D eigenvalue weighted by Crippen LogP contribution is -2.55. The largest absolute Gasteiger partial charge is 0.465 e. The van der Waals surface area contributed by atoms with E-state index < -0.39 is 20.6 Å². The maximum absolute atomic E-state index is 13.6. The van der Waals surface area contributed by atoms with Crippen LogP contribution in [-0.4, -0.2) is 49.8 Å². The van der Waals surface area contributed by atoms with Crippen molar-refractivity contribution < 1.29 is 22.7 Å². The van der Waals surface area contributed by atoms with E-state index >= 15 is 0 Å². The number of piperidine rings is 1. The van der Waals surface area contributed by atoms with E-state index in [9.17, 15) is 13.2 Å². The van der Waals surface area contributed by atoms with Gasteiger partial charge in [0.25, 0.3) is 0 Å². The van der Waals surface area contributed by atoms with Crippen molar-refractivity contribution in [1.29, 1.82) is 0 Å². The second-order valence-corrected chi connectivity index (χ2v) is 10.1. The van der Waals surface area contributed by atoms with Crippen molar-refractivity contribution in [3.8, 4) is 11.5 Å². The summed E-state index contributed by atoms with van der Waals surface area (Å²) in [6, 6.07) is 16.1. The van der Waals surface area contributed by atoms with Crippen LogP contribution in [-0.2, 0) is 19.4 Å². The summed E-state index contributed by atoms with van der Waals surface area (Å²) in [6.07, 6.45) is 2.82. The smallest absolute Gasteiger partial charge is 0.327 e. The molecule has 0 bridgehead atoms. The molecule has 1 aliphatic heterocycles. The van der Waals surface area contributed by atoms with Crippen molar-refractivity contribution in [1.82, 2.24) is 4.90 Å². The summed E-state index contributed by atoms with van der Waals surface area (Å²) in [4.78, 5) is 15.3. The number of para-hydroxylation sites is 1. The zero-order valence-corrected chi connectivity index (χ0v) is 17.9. The van der Waals surface area contributed by atoms with Gasteiger partial charge in [0.05, 0.1) is 11.5 Å². The number of hydrogen-bond acceptors (Lipinski definition) is 6. The summed E-state index contributed by atoms with van der Waals surface area (Å²) in [5, 5.41) is 0. The number of esters is 1. The first kappa shape index (κ1) is 20.9. The molecule has 0 spiro atoms. The molecule has 4 rings (SSSR count). The summed E-state index contributed by atoms with van der Waals surface area (Å²) in [6.45, 7) is 3.05. The van der Waals surface area contributed by atoms with E-state index in [1.54, 1.807) is 19.1 Å². The van der Waals surface area contributed by atoms with Crippen LogP contribution in [0.4, 0.5) is 0 Å². The number of ether oxygens (including phenoxy) is 2. The number of rotatable bonds is 7. The average molecular weight is 430 g/mol. The van der Waals surface area contributed by atoms with Gasteiger partial charge in [-0.25, -0.2) is 8.42 Å². The van der Waals surface area contributed by atoms with Gasteiger partial charge in [0.2, 0.25) is 0 Å². The Hall–Kier alpha value is -2.38. The minimum atomic E-state index is -3.92. The predicted molar refractivity (Wildman–Crippen MR) is 113 cm³/mol. The molecule has 0 amide bonds. The SMILES string of the molecule is CCOC(=O)C1(S(=O)(=O)c2ccc(Oc3ccccc3)cc2)CCN(C2CC2)CC1. The molecule has 160 valence electrons. The van der Waals surface area contributed by atoms with Crippen LogP contribution < -0.4 is 4.74 Å². The lowest BCUT2D eigenvalue weighted by molar-refractivity contribution is -0.147. The number of benzene rings is 2. The normalized spacial score (nSPS) is 19.2. The van der Waals surface area contributed by atoms with Gasteiger partial charge in [0.1, 0.15) is 11.5 Å². The number of carbonyl (C=O) groups excluding carboxylic acids is 1. The van der Waals surface area contributed by atoms with Crippen LogP contribution in [0.15, 0.2) is 59.5 Å². The minimum Gasteiger partial charge on any atom is -0.465 e. The van der Waals surface area contributed by atoms with Crippen LogP contribution in [0.5, 0.6) is 11.5 Å². The Bertz CT molecular complexity index is 976. The van der Waals surface area contributed by atoms with Crippen molar-refractivity contribution in [2.75, 3.05) is 19.7 Å². The molecule has 0 aromatic heterocycles. The molecule has 30 heavy (non-hydrogen) atoms. The zero-order valence-electron chi connectivity index (χ0n) is 17.1. The molecule has 0 N–H and O–H groups in total. The van der Waals surface area contributed by atoms with E-state index in [2.05, 4.69) is 4.90 Å². The van der Waals surface area contributed by atoms with E-state index in [4.69, 9.17) is 9.47 Å². The van der Waals surface area contributed by atoms with Crippen LogP contribution in [0.1, 0.15) is 32.6 Å². The molecule has 0 radical (unpaired) electrons. The molecular weight excluding hydrogens is 402 g/mol. The number of hydrogen-bond donors (Lipinski definition) is 0. The van der Waals surface area contributed by atoms with Gasteiger partial charge in [-0.15, -0.1) is 0 Å². The topological polar surface area (TPSA) is 72.9 Å². The summed E-state index contributed by atoms with van der Waals surface area (Å²) >= 11 is 0. The molecule has 2 aliphatic rings. The van der Waals surface area contributed by atoms with Crippen LogP contribution in [0, 0.1) is 0 Å². The van der Waals surface area contributed by atoms with Gasteiger partial charge >= 0.3 is 5.97 Å². The van der Waals surface area contributed by atoms with E-state index in [1.807, 2.05) is 30.3 Å². The first-order chi connectivity index (χ1) is 14.5. The van der Waals surface area contributed by atoms with Gasteiger partial charge in [-0.05, 0) is 69.0 Å². The molecule has 1 aliphatic carbocycles. The molecule has 7 heteroatoms. The number of sulfone groups is 1. The van der Waals surface area contributed by atoms with Crippen molar-refractivity contribution in [3.63, 3.8) is 0 Å². The standard InChI is InChI=1S/C23H27NO5S/c1-2-28-22(25)23(14-16-24(17-15-23)18-8-9-18)30(26,27)21-12-10-20(11-13-21)29-19-6-4-3-5-7-19/h3-7,10-13,18H,2,8-9,14-17H2,1H3. The fourth-order valence-electron chi connectivity index (χ4n) is 4.07. The van der Waals surface area contributed by atoms with Gasteiger partial charge in [-0.3, -0.25) is 4.79 Å². The quantitative estimate of drug-likeness (QED) is 0.623. The lowest BCUT2D eigenvalue weighted by Gasteiger charge is -2.39. The minimum absolute atomic E-state index is 0.121. The first-order valence-electron chi connectivity index (χ1n) is 10.5. The number of likely N-dealkylation sites (tertiary alicyclic amines) is 1. The Kier molecular flexibility index (Phi) is 5.84. The third-order valence-corrected chi connectivity index (χ3v) is 8.44. The van der Waals surface area contributed by atoms with Crippen molar-refractivity contribution in [2.24, 2.45) is 0 Å². The molecule has 2 aromatic carbocycles. The predicted octanol–water partition coefficient (Wildman–Crippen LogP) is 3.81. The highest BCUT2D eigenvalue weighted by molar-refractivity contribution is 7.93. The van der Waals surface area contributed by atoms with Crippen LogP contribution in [0.3, 0.4) is 0 Å². The average Bonchev–Trinajstić information content (AvgIpc) is 3.60. The molecular formula is C23H27NO5S. The van der Waals surface area contributed by atoms with Gasteiger partial charge in [0.15, 0.2) is 14.6 Å². The molecule has 6 nitrogen and oxygen atoms in total. The van der Waals surface area contributed by atoms with E-state index in [0.29, 0.717) is 30.6 Å². The second-order valence-electron chi connectivity index (χ2n) is 7.87. The van der Waals surface area contributed by atoms with Crippen LogP contribution in [0.25, 0.3) is 0 Å². The fourth-order valence-corrected chi connectivity index (χ4v) is 6.02. The summed E-state index contributed by atoms with van der Waals surface area (Å²) in [7, 11) is -3.92. The van der Waals surface area contributed by atoms with Gasteiger partial charge < -0.3 is 14.4 Å². The van der Waals surface area contributed by atoms with Gasteiger partial charge in [-0.2, -0.15) is 0 Å². The third kappa shape index (κ3) is 3.96. The van der Waals surface area contributed by atoms with E-state index in [0.717, 1.165) is 12.8 Å². The lowest BCUT2D eigenvalue weighted by atomic mass is 9.95. The molecule has 0 atom stereocenters. The fraction of sp³-hybridized carbons (Fsp3) is 0.435. The Morgan fingerprint density at radius 1 is 1.00 bits per heavy atom. The summed E-state index contributed by atoms with van der Waals surface area (Å²) in [5.41, 5.74) is 0. The maximum Gasteiger partial charge on any atom is 0.327 e. The second kappa shape index (κ2) is 8.40. The first-order valence-corrected chi connectivity index (χ1v) is 11.9. The molecule has 1 saturated heterocycles. The van der Waals surface area contributed by atoms with Crippen molar-refractivity contribution in [2.45, 2.75) is 48.3 Å². The summed E-state index contributed by atoms with van der Waals surface area (Å²) < 4.78 is 36.7. The number of carbonyl (C=O) groups is 1. The molecule has 2 fully saturated rings. The van der Waals surface area contributed by atoms with E-state index in [-0.39, 0.29) is 24.3 Å².